The van der Waals surface area contributed by atoms with E-state index in [4.69, 9.17) is 27.9 Å². The first-order valence-electron chi connectivity index (χ1n) is 11.4. The van der Waals surface area contributed by atoms with Crippen LogP contribution in [0.4, 0.5) is 0 Å². The van der Waals surface area contributed by atoms with Crippen molar-refractivity contribution in [1.82, 2.24) is 10.2 Å². The Balaban J connectivity index is 1.53. The van der Waals surface area contributed by atoms with Gasteiger partial charge < -0.3 is 20.1 Å². The summed E-state index contributed by atoms with van der Waals surface area (Å²) in [5.74, 6) is -1.28. The average Bonchev–Trinajstić information content (AvgIpc) is 2.89. The van der Waals surface area contributed by atoms with Gasteiger partial charge in [0.25, 0.3) is 0 Å². The van der Waals surface area contributed by atoms with Crippen molar-refractivity contribution >= 4 is 58.8 Å². The third-order valence-corrected chi connectivity index (χ3v) is 7.88. The van der Waals surface area contributed by atoms with Gasteiger partial charge in [0.05, 0.1) is 17.2 Å². The molecule has 2 amide bonds. The summed E-state index contributed by atoms with van der Waals surface area (Å²) in [6, 6.07) is 9.67. The van der Waals surface area contributed by atoms with Gasteiger partial charge in [-0.1, -0.05) is 41.4 Å². The van der Waals surface area contributed by atoms with Crippen molar-refractivity contribution in [3.05, 3.63) is 63.6 Å². The highest BCUT2D eigenvalue weighted by atomic mass is 35.5. The molecule has 0 aliphatic carbocycles. The number of nitrogens with zero attached hydrogens (tertiary/aromatic N) is 1. The fourth-order valence-corrected chi connectivity index (χ4v) is 5.12. The van der Waals surface area contributed by atoms with Gasteiger partial charge in [-0.05, 0) is 54.5 Å². The van der Waals surface area contributed by atoms with E-state index in [1.165, 1.54) is 17.8 Å². The molecule has 1 heterocycles. The quantitative estimate of drug-likeness (QED) is 0.344. The van der Waals surface area contributed by atoms with Gasteiger partial charge in [0.15, 0.2) is 0 Å². The Morgan fingerprint density at radius 3 is 2.39 bits per heavy atom. The highest BCUT2D eigenvalue weighted by Gasteiger charge is 2.29. The molecule has 3 rings (SSSR count). The molecule has 0 bridgehead atoms. The summed E-state index contributed by atoms with van der Waals surface area (Å²) in [5.41, 5.74) is 1.43. The van der Waals surface area contributed by atoms with Gasteiger partial charge in [-0.3, -0.25) is 9.59 Å². The van der Waals surface area contributed by atoms with Crippen LogP contribution in [0.2, 0.25) is 10.0 Å². The van der Waals surface area contributed by atoms with E-state index in [0.29, 0.717) is 47.3 Å². The molecule has 10 heteroatoms. The molecular formula is C26H28Cl2N2O5S. The van der Waals surface area contributed by atoms with E-state index in [1.807, 2.05) is 18.4 Å². The number of methoxy groups -OCH3 is 1. The fourth-order valence-electron chi connectivity index (χ4n) is 3.95. The number of carbonyl (C=O) groups excluding carboxylic acids is 2. The van der Waals surface area contributed by atoms with Crippen LogP contribution in [0.5, 0.6) is 5.75 Å². The number of carboxylic acids is 1. The van der Waals surface area contributed by atoms with Crippen LogP contribution in [-0.2, 0) is 20.8 Å². The molecule has 1 fully saturated rings. The second-order valence-electron chi connectivity index (χ2n) is 8.37. The van der Waals surface area contributed by atoms with Crippen LogP contribution in [0.3, 0.4) is 0 Å². The first-order valence-corrected chi connectivity index (χ1v) is 13.4. The van der Waals surface area contributed by atoms with Crippen molar-refractivity contribution in [1.29, 1.82) is 0 Å². The minimum atomic E-state index is -1.10. The predicted octanol–water partition coefficient (Wildman–Crippen LogP) is 4.79. The molecule has 2 aromatic carbocycles. The predicted molar refractivity (Wildman–Crippen MR) is 143 cm³/mol. The first kappa shape index (κ1) is 27.9. The third-order valence-electron chi connectivity index (χ3n) is 6.09. The Morgan fingerprint density at radius 2 is 1.81 bits per heavy atom. The van der Waals surface area contributed by atoms with Crippen LogP contribution < -0.4 is 10.1 Å². The van der Waals surface area contributed by atoms with Gasteiger partial charge in [-0.2, -0.15) is 0 Å². The number of aliphatic carboxylic acids is 1. The van der Waals surface area contributed by atoms with Crippen molar-refractivity contribution in [2.24, 2.45) is 5.92 Å². The van der Waals surface area contributed by atoms with Crippen LogP contribution in [-0.4, -0.2) is 60.3 Å². The van der Waals surface area contributed by atoms with Gasteiger partial charge in [0.1, 0.15) is 11.8 Å². The van der Waals surface area contributed by atoms with E-state index in [0.717, 1.165) is 10.5 Å². The lowest BCUT2D eigenvalue weighted by Gasteiger charge is -2.31. The Bertz CT molecular complexity index is 1130. The normalized spacial score (nSPS) is 15.1. The molecule has 2 N–H and O–H groups in total. The van der Waals surface area contributed by atoms with Crippen LogP contribution in [0, 0.1) is 5.92 Å². The molecule has 1 atom stereocenters. The van der Waals surface area contributed by atoms with Crippen molar-refractivity contribution in [3.8, 4) is 5.75 Å². The van der Waals surface area contributed by atoms with Crippen LogP contribution >= 0.6 is 35.0 Å². The lowest BCUT2D eigenvalue weighted by molar-refractivity contribution is -0.142. The monoisotopic (exact) mass is 550 g/mol. The van der Waals surface area contributed by atoms with Crippen molar-refractivity contribution < 1.29 is 24.2 Å². The van der Waals surface area contributed by atoms with Crippen LogP contribution in [0.25, 0.3) is 6.08 Å². The Kier molecular flexibility index (Phi) is 10.1. The largest absolute Gasteiger partial charge is 0.497 e. The lowest BCUT2D eigenvalue weighted by Crippen LogP contribution is -2.48. The molecule has 192 valence electrons. The standard InChI is InChI=1S/C26H28Cl2N2O5S/c1-35-19-7-3-16(4-8-19)15-20(26(33)34)29-25(32)18-11-13-30(14-12-18)22(31)10-6-17-5-9-21(36-2)24(28)23(17)27/h3-10,18,20H,11-15H2,1-2H3,(H,29,32)(H,33,34)/b10-6+. The molecule has 0 aromatic heterocycles. The molecule has 0 radical (unpaired) electrons. The van der Waals surface area contributed by atoms with E-state index in [2.05, 4.69) is 5.32 Å². The van der Waals surface area contributed by atoms with E-state index in [9.17, 15) is 19.5 Å². The molecule has 2 aromatic rings. The maximum Gasteiger partial charge on any atom is 0.326 e. The average molecular weight is 551 g/mol. The number of likely N-dealkylation sites (tertiary alicyclic amines) is 1. The second kappa shape index (κ2) is 13.0. The fraction of sp³-hybridized carbons (Fsp3) is 0.346. The zero-order chi connectivity index (χ0) is 26.2. The van der Waals surface area contributed by atoms with Gasteiger partial charge in [0, 0.05) is 36.4 Å². The molecular weight excluding hydrogens is 523 g/mol. The summed E-state index contributed by atoms with van der Waals surface area (Å²) in [6.07, 6.45) is 6.06. The molecule has 7 nitrogen and oxygen atoms in total. The van der Waals surface area contributed by atoms with E-state index in [-0.39, 0.29) is 24.2 Å². The van der Waals surface area contributed by atoms with Gasteiger partial charge in [-0.15, -0.1) is 11.8 Å². The zero-order valence-electron chi connectivity index (χ0n) is 20.0. The number of amides is 2. The number of thioether (sulfide) groups is 1. The summed E-state index contributed by atoms with van der Waals surface area (Å²) in [7, 11) is 1.56. The molecule has 36 heavy (non-hydrogen) atoms. The number of carboxylic acid groups (broad SMARTS) is 1. The molecule has 1 saturated heterocycles. The number of benzene rings is 2. The van der Waals surface area contributed by atoms with E-state index < -0.39 is 12.0 Å². The highest BCUT2D eigenvalue weighted by molar-refractivity contribution is 7.98. The number of ether oxygens (including phenoxy) is 1. The number of piperidine rings is 1. The molecule has 1 unspecified atom stereocenters. The van der Waals surface area contributed by atoms with Crippen LogP contribution in [0.1, 0.15) is 24.0 Å². The summed E-state index contributed by atoms with van der Waals surface area (Å²) in [4.78, 5) is 39.7. The molecule has 0 spiro atoms. The number of hydrogen-bond donors (Lipinski definition) is 2. The maximum atomic E-state index is 12.8. The minimum Gasteiger partial charge on any atom is -0.497 e. The summed E-state index contributed by atoms with van der Waals surface area (Å²) in [6.45, 7) is 0.800. The summed E-state index contributed by atoms with van der Waals surface area (Å²) in [5, 5.41) is 13.1. The SMILES string of the molecule is COc1ccc(CC(NC(=O)C2CCN(C(=O)/C=C/c3ccc(SC)c(Cl)c3Cl)CC2)C(=O)O)cc1. The number of carbonyl (C=O) groups is 3. The van der Waals surface area contributed by atoms with Crippen molar-refractivity contribution in [2.45, 2.75) is 30.2 Å². The zero-order valence-corrected chi connectivity index (χ0v) is 22.3. The number of halogens is 2. The van der Waals surface area contributed by atoms with E-state index in [1.54, 1.807) is 42.4 Å². The number of hydrogen-bond acceptors (Lipinski definition) is 5. The van der Waals surface area contributed by atoms with E-state index >= 15 is 0 Å². The Hall–Kier alpha value is -2.68. The Morgan fingerprint density at radius 1 is 1.14 bits per heavy atom. The lowest BCUT2D eigenvalue weighted by atomic mass is 9.95. The third kappa shape index (κ3) is 7.18. The summed E-state index contributed by atoms with van der Waals surface area (Å²) < 4.78 is 5.12. The summed E-state index contributed by atoms with van der Waals surface area (Å²) >= 11 is 14.1. The first-order chi connectivity index (χ1) is 17.2. The topological polar surface area (TPSA) is 95.9 Å². The van der Waals surface area contributed by atoms with Gasteiger partial charge >= 0.3 is 5.97 Å². The number of rotatable bonds is 9. The van der Waals surface area contributed by atoms with Crippen molar-refractivity contribution in [3.63, 3.8) is 0 Å². The van der Waals surface area contributed by atoms with Gasteiger partial charge in [-0.25, -0.2) is 4.79 Å². The molecule has 1 aliphatic rings. The molecule has 1 aliphatic heterocycles. The Labute approximate surface area is 224 Å². The van der Waals surface area contributed by atoms with Crippen molar-refractivity contribution in [2.75, 3.05) is 26.5 Å². The highest BCUT2D eigenvalue weighted by Crippen LogP contribution is 2.35. The smallest absolute Gasteiger partial charge is 0.326 e. The second-order valence-corrected chi connectivity index (χ2v) is 9.97. The van der Waals surface area contributed by atoms with Crippen LogP contribution in [0.15, 0.2) is 47.4 Å². The number of nitrogens with one attached hydrogen (secondary N) is 1. The minimum absolute atomic E-state index is 0.164. The van der Waals surface area contributed by atoms with Gasteiger partial charge in [0.2, 0.25) is 11.8 Å². The maximum absolute atomic E-state index is 12.8. The molecule has 0 saturated carbocycles.